The van der Waals surface area contributed by atoms with Gasteiger partial charge in [-0.25, -0.2) is 0 Å². The molecule has 1 fully saturated rings. The molecule has 2 heterocycles. The van der Waals surface area contributed by atoms with Gasteiger partial charge in [-0.2, -0.15) is 0 Å². The van der Waals surface area contributed by atoms with E-state index in [1.807, 2.05) is 7.05 Å². The van der Waals surface area contributed by atoms with E-state index in [2.05, 4.69) is 20.5 Å². The molecule has 2 aliphatic rings. The van der Waals surface area contributed by atoms with Crippen molar-refractivity contribution in [2.45, 2.75) is 19.3 Å². The summed E-state index contributed by atoms with van der Waals surface area (Å²) in [5, 5.41) is 6.58. The minimum Gasteiger partial charge on any atom is -0.354 e. The fraction of sp³-hybridized carbons (Fsp3) is 0.909. The Morgan fingerprint density at radius 2 is 2.27 bits per heavy atom. The highest BCUT2D eigenvalue weighted by Gasteiger charge is 2.22. The standard InChI is InChI=1S/C11H22N4/c1-12-5-2-10-3-8-15(9-4-10)11-13-6-7-14-11/h10,12H,2-9H2,1H3,(H,13,14). The van der Waals surface area contributed by atoms with Crippen molar-refractivity contribution in [1.29, 1.82) is 0 Å². The van der Waals surface area contributed by atoms with Crippen molar-refractivity contribution < 1.29 is 0 Å². The van der Waals surface area contributed by atoms with Crippen molar-refractivity contribution in [3.05, 3.63) is 0 Å². The number of hydrogen-bond acceptors (Lipinski definition) is 4. The first kappa shape index (κ1) is 10.7. The Morgan fingerprint density at radius 3 is 2.87 bits per heavy atom. The lowest BCUT2D eigenvalue weighted by Gasteiger charge is -2.33. The van der Waals surface area contributed by atoms with Crippen LogP contribution in [0.25, 0.3) is 0 Å². The lowest BCUT2D eigenvalue weighted by atomic mass is 9.94. The molecular weight excluding hydrogens is 188 g/mol. The molecule has 0 aliphatic carbocycles. The quantitative estimate of drug-likeness (QED) is 0.702. The predicted molar refractivity (Wildman–Crippen MR) is 63.1 cm³/mol. The maximum absolute atomic E-state index is 4.47. The van der Waals surface area contributed by atoms with Gasteiger partial charge in [-0.05, 0) is 38.8 Å². The maximum atomic E-state index is 4.47. The summed E-state index contributed by atoms with van der Waals surface area (Å²) in [4.78, 5) is 6.87. The van der Waals surface area contributed by atoms with E-state index in [1.165, 1.54) is 32.4 Å². The molecule has 15 heavy (non-hydrogen) atoms. The van der Waals surface area contributed by atoms with Crippen LogP contribution < -0.4 is 10.6 Å². The fourth-order valence-corrected chi connectivity index (χ4v) is 2.38. The molecule has 0 aromatic rings. The van der Waals surface area contributed by atoms with E-state index in [1.54, 1.807) is 0 Å². The van der Waals surface area contributed by atoms with Gasteiger partial charge in [-0.3, -0.25) is 4.99 Å². The highest BCUT2D eigenvalue weighted by Crippen LogP contribution is 2.20. The lowest BCUT2D eigenvalue weighted by Crippen LogP contribution is -2.43. The van der Waals surface area contributed by atoms with Crippen LogP contribution in [0.15, 0.2) is 4.99 Å². The van der Waals surface area contributed by atoms with Gasteiger partial charge in [0.2, 0.25) is 0 Å². The third-order valence-electron chi connectivity index (χ3n) is 3.37. The number of aliphatic imine (C=N–C) groups is 1. The summed E-state index contributed by atoms with van der Waals surface area (Å²) in [6, 6.07) is 0. The van der Waals surface area contributed by atoms with Crippen LogP contribution in [0.2, 0.25) is 0 Å². The molecule has 0 aromatic carbocycles. The molecule has 0 amide bonds. The minimum absolute atomic E-state index is 0.913. The van der Waals surface area contributed by atoms with Gasteiger partial charge < -0.3 is 15.5 Å². The monoisotopic (exact) mass is 210 g/mol. The molecule has 1 saturated heterocycles. The van der Waals surface area contributed by atoms with Crippen molar-refractivity contribution in [3.8, 4) is 0 Å². The molecule has 2 N–H and O–H groups in total. The second kappa shape index (κ2) is 5.35. The van der Waals surface area contributed by atoms with Crippen LogP contribution in [-0.2, 0) is 0 Å². The summed E-state index contributed by atoms with van der Waals surface area (Å²) in [5.41, 5.74) is 0. The molecule has 86 valence electrons. The van der Waals surface area contributed by atoms with Gasteiger partial charge in [0.05, 0.1) is 6.54 Å². The molecule has 0 bridgehead atoms. The molecule has 0 spiro atoms. The van der Waals surface area contributed by atoms with E-state index < -0.39 is 0 Å². The van der Waals surface area contributed by atoms with Crippen LogP contribution in [0.4, 0.5) is 0 Å². The van der Waals surface area contributed by atoms with Crippen molar-refractivity contribution >= 4 is 5.96 Å². The zero-order chi connectivity index (χ0) is 10.5. The summed E-state index contributed by atoms with van der Waals surface area (Å²) >= 11 is 0. The first-order valence-corrected chi connectivity index (χ1v) is 6.08. The molecule has 4 heteroatoms. The number of piperidine rings is 1. The fourth-order valence-electron chi connectivity index (χ4n) is 2.38. The second-order valence-corrected chi connectivity index (χ2v) is 4.45. The molecule has 0 unspecified atom stereocenters. The van der Waals surface area contributed by atoms with E-state index in [0.717, 1.165) is 31.5 Å². The van der Waals surface area contributed by atoms with Gasteiger partial charge in [0.15, 0.2) is 5.96 Å². The zero-order valence-corrected chi connectivity index (χ0v) is 9.63. The number of guanidine groups is 1. The number of nitrogens with one attached hydrogen (secondary N) is 2. The molecular formula is C11H22N4. The Hall–Kier alpha value is -0.770. The van der Waals surface area contributed by atoms with Crippen LogP contribution in [0.3, 0.4) is 0 Å². The lowest BCUT2D eigenvalue weighted by molar-refractivity contribution is 0.252. The van der Waals surface area contributed by atoms with E-state index in [0.29, 0.717) is 0 Å². The average molecular weight is 210 g/mol. The van der Waals surface area contributed by atoms with Crippen molar-refractivity contribution in [2.24, 2.45) is 10.9 Å². The summed E-state index contributed by atoms with van der Waals surface area (Å²) in [6.07, 6.45) is 3.97. The third kappa shape index (κ3) is 2.84. The van der Waals surface area contributed by atoms with E-state index in [-0.39, 0.29) is 0 Å². The first-order valence-electron chi connectivity index (χ1n) is 6.08. The number of rotatable bonds is 3. The Bertz CT molecular complexity index is 219. The second-order valence-electron chi connectivity index (χ2n) is 4.45. The van der Waals surface area contributed by atoms with Crippen LogP contribution in [0.1, 0.15) is 19.3 Å². The largest absolute Gasteiger partial charge is 0.354 e. The van der Waals surface area contributed by atoms with E-state index in [9.17, 15) is 0 Å². The van der Waals surface area contributed by atoms with E-state index in [4.69, 9.17) is 0 Å². The number of likely N-dealkylation sites (tertiary alicyclic amines) is 1. The van der Waals surface area contributed by atoms with Crippen LogP contribution >= 0.6 is 0 Å². The SMILES string of the molecule is CNCCC1CCN(C2=NCCN2)CC1. The Labute approximate surface area is 92.1 Å². The number of nitrogens with zero attached hydrogens (tertiary/aromatic N) is 2. The van der Waals surface area contributed by atoms with Gasteiger partial charge >= 0.3 is 0 Å². The predicted octanol–water partition coefficient (Wildman–Crippen LogP) is 0.267. The smallest absolute Gasteiger partial charge is 0.194 e. The molecule has 2 aliphatic heterocycles. The minimum atomic E-state index is 0.913. The van der Waals surface area contributed by atoms with Crippen molar-refractivity contribution in [3.63, 3.8) is 0 Å². The van der Waals surface area contributed by atoms with Gasteiger partial charge in [0, 0.05) is 19.6 Å². The van der Waals surface area contributed by atoms with Gasteiger partial charge in [-0.1, -0.05) is 0 Å². The third-order valence-corrected chi connectivity index (χ3v) is 3.37. The van der Waals surface area contributed by atoms with Gasteiger partial charge in [0.25, 0.3) is 0 Å². The Kier molecular flexibility index (Phi) is 3.83. The van der Waals surface area contributed by atoms with E-state index >= 15 is 0 Å². The van der Waals surface area contributed by atoms with Crippen molar-refractivity contribution in [2.75, 3.05) is 39.8 Å². The molecule has 0 radical (unpaired) electrons. The maximum Gasteiger partial charge on any atom is 0.194 e. The number of hydrogen-bond donors (Lipinski definition) is 2. The average Bonchev–Trinajstić information content (AvgIpc) is 2.80. The molecule has 4 nitrogen and oxygen atoms in total. The van der Waals surface area contributed by atoms with Gasteiger partial charge in [0.1, 0.15) is 0 Å². The molecule has 0 aromatic heterocycles. The Balaban J connectivity index is 1.72. The van der Waals surface area contributed by atoms with Crippen LogP contribution in [0, 0.1) is 5.92 Å². The molecule has 0 saturated carbocycles. The topological polar surface area (TPSA) is 39.7 Å². The highest BCUT2D eigenvalue weighted by atomic mass is 15.3. The van der Waals surface area contributed by atoms with Crippen LogP contribution in [-0.4, -0.2) is 50.6 Å². The van der Waals surface area contributed by atoms with Crippen molar-refractivity contribution in [1.82, 2.24) is 15.5 Å². The molecule has 0 atom stereocenters. The Morgan fingerprint density at radius 1 is 1.47 bits per heavy atom. The normalized spacial score (nSPS) is 22.7. The van der Waals surface area contributed by atoms with Crippen LogP contribution in [0.5, 0.6) is 0 Å². The summed E-state index contributed by atoms with van der Waals surface area (Å²) in [5.74, 6) is 2.05. The highest BCUT2D eigenvalue weighted by molar-refractivity contribution is 5.81. The van der Waals surface area contributed by atoms with Gasteiger partial charge in [-0.15, -0.1) is 0 Å². The molecule has 2 rings (SSSR count). The summed E-state index contributed by atoms with van der Waals surface area (Å²) in [6.45, 7) is 5.49. The summed E-state index contributed by atoms with van der Waals surface area (Å²) < 4.78 is 0. The summed E-state index contributed by atoms with van der Waals surface area (Å²) in [7, 11) is 2.03. The zero-order valence-electron chi connectivity index (χ0n) is 9.63. The first-order chi connectivity index (χ1) is 7.40.